The molecule has 0 fully saturated rings. The molecule has 41 heavy (non-hydrogen) atoms. The van der Waals surface area contributed by atoms with Crippen LogP contribution in [-0.4, -0.2) is 42.7 Å². The fourth-order valence-electron chi connectivity index (χ4n) is 4.56. The Hall–Kier alpha value is -3.66. The predicted molar refractivity (Wildman–Crippen MR) is 157 cm³/mol. The molecule has 1 aromatic heterocycles. The number of hydrogen-bond donors (Lipinski definition) is 0. The zero-order chi connectivity index (χ0) is 29.7. The number of nitrogens with zero attached hydrogens (tertiary/aromatic N) is 2. The fraction of sp³-hybridized carbons (Fsp3) is 0.290. The number of carbonyl (C=O) groups is 2. The Kier molecular flexibility index (Phi) is 9.53. The topological polar surface area (TPSA) is 97.1 Å². The third kappa shape index (κ3) is 6.98. The minimum absolute atomic E-state index is 0.0595. The summed E-state index contributed by atoms with van der Waals surface area (Å²) in [6, 6.07) is 18.6. The molecule has 0 saturated heterocycles. The van der Waals surface area contributed by atoms with Crippen LogP contribution < -0.4 is 0 Å². The summed E-state index contributed by atoms with van der Waals surface area (Å²) in [7, 11) is -3.92. The highest BCUT2D eigenvalue weighted by atomic mass is 35.5. The van der Waals surface area contributed by atoms with Gasteiger partial charge in [0.05, 0.1) is 29.2 Å². The standard InChI is InChI=1S/C31H33ClN2O6S/c1-5-39-31(36)29-22(4)34(18-21(2)3)30(35)28(29)17-25-13-14-26(40-25)20-33(19-23-9-7-6-8-10-23)41(37,38)27-15-11-24(32)12-16-27/h6-17,21H,5,18-20H2,1-4H3/b28-17+. The first-order valence-electron chi connectivity index (χ1n) is 13.3. The molecule has 0 saturated carbocycles. The molecule has 10 heteroatoms. The van der Waals surface area contributed by atoms with Crippen LogP contribution in [0.5, 0.6) is 0 Å². The van der Waals surface area contributed by atoms with Crippen molar-refractivity contribution in [3.63, 3.8) is 0 Å². The molecule has 216 valence electrons. The lowest BCUT2D eigenvalue weighted by atomic mass is 10.1. The normalized spacial score (nSPS) is 15.0. The first kappa shape index (κ1) is 30.3. The number of furan rings is 1. The molecule has 2 heterocycles. The van der Waals surface area contributed by atoms with Gasteiger partial charge in [-0.3, -0.25) is 4.79 Å². The van der Waals surface area contributed by atoms with Gasteiger partial charge in [0.25, 0.3) is 5.91 Å². The van der Waals surface area contributed by atoms with Crippen LogP contribution >= 0.6 is 11.6 Å². The summed E-state index contributed by atoms with van der Waals surface area (Å²) in [5, 5.41) is 0.433. The summed E-state index contributed by atoms with van der Waals surface area (Å²) >= 11 is 5.99. The van der Waals surface area contributed by atoms with E-state index in [0.717, 1.165) is 5.56 Å². The maximum absolute atomic E-state index is 13.6. The number of halogens is 1. The Morgan fingerprint density at radius 2 is 1.73 bits per heavy atom. The lowest BCUT2D eigenvalue weighted by Crippen LogP contribution is -2.30. The highest BCUT2D eigenvalue weighted by Crippen LogP contribution is 2.33. The van der Waals surface area contributed by atoms with Gasteiger partial charge >= 0.3 is 5.97 Å². The number of rotatable bonds is 11. The molecule has 0 radical (unpaired) electrons. The lowest BCUT2D eigenvalue weighted by Gasteiger charge is -2.21. The predicted octanol–water partition coefficient (Wildman–Crippen LogP) is 6.04. The summed E-state index contributed by atoms with van der Waals surface area (Å²) in [6.45, 7) is 8.09. The number of esters is 1. The van der Waals surface area contributed by atoms with Gasteiger partial charge in [0.15, 0.2) is 0 Å². The number of amides is 1. The fourth-order valence-corrected chi connectivity index (χ4v) is 6.08. The number of hydrogen-bond acceptors (Lipinski definition) is 6. The van der Waals surface area contributed by atoms with Crippen LogP contribution in [0.2, 0.25) is 5.02 Å². The van der Waals surface area contributed by atoms with E-state index in [1.807, 2.05) is 44.2 Å². The zero-order valence-electron chi connectivity index (χ0n) is 23.5. The largest absolute Gasteiger partial charge is 0.462 e. The highest BCUT2D eigenvalue weighted by Gasteiger charge is 2.37. The summed E-state index contributed by atoms with van der Waals surface area (Å²) in [4.78, 5) is 27.8. The van der Waals surface area contributed by atoms with Crippen LogP contribution in [0.4, 0.5) is 0 Å². The number of sulfonamides is 1. The van der Waals surface area contributed by atoms with E-state index in [1.54, 1.807) is 30.9 Å². The molecule has 0 unspecified atom stereocenters. The van der Waals surface area contributed by atoms with E-state index in [-0.39, 0.29) is 47.6 Å². The van der Waals surface area contributed by atoms with Gasteiger partial charge in [-0.2, -0.15) is 4.31 Å². The van der Waals surface area contributed by atoms with Crippen molar-refractivity contribution in [2.24, 2.45) is 5.92 Å². The summed E-state index contributed by atoms with van der Waals surface area (Å²) in [5.74, 6) is -0.0230. The Bertz CT molecular complexity index is 1570. The average Bonchev–Trinajstić information content (AvgIpc) is 3.46. The quantitative estimate of drug-likeness (QED) is 0.198. The van der Waals surface area contributed by atoms with Crippen LogP contribution in [0.3, 0.4) is 0 Å². The Balaban J connectivity index is 1.67. The van der Waals surface area contributed by atoms with Crippen molar-refractivity contribution in [3.8, 4) is 0 Å². The third-order valence-electron chi connectivity index (χ3n) is 6.49. The Morgan fingerprint density at radius 3 is 2.37 bits per heavy atom. The SMILES string of the molecule is CCOC(=O)C1=C(C)N(CC(C)C)C(=O)/C1=C/c1ccc(CN(Cc2ccccc2)S(=O)(=O)c2ccc(Cl)cc2)o1. The Morgan fingerprint density at radius 1 is 1.05 bits per heavy atom. The smallest absolute Gasteiger partial charge is 0.340 e. The molecule has 4 rings (SSSR count). The first-order chi connectivity index (χ1) is 19.5. The van der Waals surface area contributed by atoms with E-state index in [2.05, 4.69) is 0 Å². The van der Waals surface area contributed by atoms with E-state index in [0.29, 0.717) is 28.8 Å². The van der Waals surface area contributed by atoms with Crippen molar-refractivity contribution in [3.05, 3.63) is 106 Å². The summed E-state index contributed by atoms with van der Waals surface area (Å²) < 4.78 is 39.8. The zero-order valence-corrected chi connectivity index (χ0v) is 25.0. The number of carbonyl (C=O) groups excluding carboxylic acids is 2. The Labute approximate surface area is 245 Å². The van der Waals surface area contributed by atoms with E-state index in [9.17, 15) is 18.0 Å². The van der Waals surface area contributed by atoms with Gasteiger partial charge in [-0.1, -0.05) is 55.8 Å². The number of ether oxygens (including phenoxy) is 1. The van der Waals surface area contributed by atoms with Gasteiger partial charge in [-0.25, -0.2) is 13.2 Å². The molecule has 0 bridgehead atoms. The van der Waals surface area contributed by atoms with Crippen LogP contribution in [0.25, 0.3) is 6.08 Å². The van der Waals surface area contributed by atoms with Gasteiger partial charge in [0.2, 0.25) is 10.0 Å². The van der Waals surface area contributed by atoms with Crippen LogP contribution in [0, 0.1) is 5.92 Å². The van der Waals surface area contributed by atoms with Gasteiger partial charge < -0.3 is 14.1 Å². The second-order valence-electron chi connectivity index (χ2n) is 10.1. The highest BCUT2D eigenvalue weighted by molar-refractivity contribution is 7.89. The minimum atomic E-state index is -3.92. The van der Waals surface area contributed by atoms with E-state index < -0.39 is 16.0 Å². The van der Waals surface area contributed by atoms with Gasteiger partial charge in [-0.15, -0.1) is 0 Å². The molecule has 1 aliphatic heterocycles. The average molecular weight is 597 g/mol. The monoisotopic (exact) mass is 596 g/mol. The molecular formula is C31H33ClN2O6S. The molecule has 2 aromatic carbocycles. The van der Waals surface area contributed by atoms with E-state index in [4.69, 9.17) is 20.8 Å². The van der Waals surface area contributed by atoms with Crippen molar-refractivity contribution >= 4 is 39.6 Å². The van der Waals surface area contributed by atoms with E-state index >= 15 is 0 Å². The van der Waals surface area contributed by atoms with Crippen LogP contribution in [-0.2, 0) is 37.4 Å². The van der Waals surface area contributed by atoms with E-state index in [1.165, 1.54) is 34.6 Å². The van der Waals surface area contributed by atoms with Crippen molar-refractivity contribution in [1.82, 2.24) is 9.21 Å². The lowest BCUT2D eigenvalue weighted by molar-refractivity contribution is -0.138. The van der Waals surface area contributed by atoms with Gasteiger partial charge in [0.1, 0.15) is 11.5 Å². The maximum Gasteiger partial charge on any atom is 0.340 e. The molecule has 3 aromatic rings. The number of allylic oxidation sites excluding steroid dienone is 1. The number of benzene rings is 2. The minimum Gasteiger partial charge on any atom is -0.462 e. The molecule has 0 aliphatic carbocycles. The van der Waals surface area contributed by atoms with Gasteiger partial charge in [0, 0.05) is 23.8 Å². The first-order valence-corrected chi connectivity index (χ1v) is 15.1. The molecule has 1 amide bonds. The molecule has 0 N–H and O–H groups in total. The molecule has 1 aliphatic rings. The molecular weight excluding hydrogens is 564 g/mol. The maximum atomic E-state index is 13.6. The summed E-state index contributed by atoms with van der Waals surface area (Å²) in [5.41, 5.74) is 1.72. The summed E-state index contributed by atoms with van der Waals surface area (Å²) in [6.07, 6.45) is 1.51. The van der Waals surface area contributed by atoms with Crippen LogP contribution in [0.1, 0.15) is 44.8 Å². The van der Waals surface area contributed by atoms with Crippen molar-refractivity contribution in [2.75, 3.05) is 13.2 Å². The van der Waals surface area contributed by atoms with Crippen molar-refractivity contribution < 1.29 is 27.2 Å². The van der Waals surface area contributed by atoms with Gasteiger partial charge in [-0.05, 0) is 67.8 Å². The van der Waals surface area contributed by atoms with Crippen LogP contribution in [0.15, 0.2) is 92.9 Å². The molecule has 8 nitrogen and oxygen atoms in total. The second kappa shape index (κ2) is 12.9. The second-order valence-corrected chi connectivity index (χ2v) is 12.4. The molecule has 0 spiro atoms. The molecule has 0 atom stereocenters. The van der Waals surface area contributed by atoms with Crippen molar-refractivity contribution in [1.29, 1.82) is 0 Å². The third-order valence-corrected chi connectivity index (χ3v) is 8.55. The van der Waals surface area contributed by atoms with Crippen molar-refractivity contribution in [2.45, 2.75) is 45.7 Å².